The van der Waals surface area contributed by atoms with Crippen LogP contribution in [0.5, 0.6) is 5.75 Å². The third kappa shape index (κ3) is 4.47. The van der Waals surface area contributed by atoms with Gasteiger partial charge in [0.15, 0.2) is 0 Å². The average molecular weight is 415 g/mol. The molecule has 1 aliphatic rings. The van der Waals surface area contributed by atoms with E-state index in [0.29, 0.717) is 13.0 Å². The Hall–Kier alpha value is -2.34. The summed E-state index contributed by atoms with van der Waals surface area (Å²) in [7, 11) is 1.65. The Labute approximate surface area is 177 Å². The van der Waals surface area contributed by atoms with E-state index in [4.69, 9.17) is 4.74 Å². The van der Waals surface area contributed by atoms with Crippen molar-refractivity contribution in [3.05, 3.63) is 51.7 Å². The number of carbonyl (C=O) groups excluding carboxylic acids is 2. The molecule has 0 bridgehead atoms. The molecule has 1 aromatic heterocycles. The molecular formula is C23H30N2O3S. The van der Waals surface area contributed by atoms with Crippen molar-refractivity contribution in [2.75, 3.05) is 20.2 Å². The lowest BCUT2D eigenvalue weighted by Crippen LogP contribution is -2.49. The van der Waals surface area contributed by atoms with Gasteiger partial charge in [0.25, 0.3) is 0 Å². The molecule has 2 amide bonds. The summed E-state index contributed by atoms with van der Waals surface area (Å²) >= 11 is 1.75. The fourth-order valence-electron chi connectivity index (χ4n) is 3.88. The fraction of sp³-hybridized carbons (Fsp3) is 0.478. The van der Waals surface area contributed by atoms with Crippen LogP contribution in [0.15, 0.2) is 35.7 Å². The number of carbonyl (C=O) groups is 2. The molecule has 2 atom stereocenters. The monoisotopic (exact) mass is 414 g/mol. The topological polar surface area (TPSA) is 49.9 Å². The number of hydrogen-bond donors (Lipinski definition) is 0. The molecule has 2 heterocycles. The van der Waals surface area contributed by atoms with E-state index in [1.165, 1.54) is 10.4 Å². The van der Waals surface area contributed by atoms with Crippen LogP contribution in [0.2, 0.25) is 0 Å². The summed E-state index contributed by atoms with van der Waals surface area (Å²) in [5.41, 5.74) is 2.26. The predicted octanol–water partition coefficient (Wildman–Crippen LogP) is 4.27. The maximum absolute atomic E-state index is 13.4. The summed E-state index contributed by atoms with van der Waals surface area (Å²) < 4.78 is 5.29. The Bertz CT molecular complexity index is 846. The van der Waals surface area contributed by atoms with Crippen molar-refractivity contribution in [1.82, 2.24) is 9.80 Å². The van der Waals surface area contributed by atoms with Crippen LogP contribution < -0.4 is 4.74 Å². The van der Waals surface area contributed by atoms with Gasteiger partial charge < -0.3 is 14.5 Å². The first-order valence-corrected chi connectivity index (χ1v) is 11.2. The third-order valence-electron chi connectivity index (χ3n) is 5.77. The molecule has 0 N–H and O–H groups in total. The number of hydrogen-bond acceptors (Lipinski definition) is 4. The van der Waals surface area contributed by atoms with Crippen LogP contribution in [0, 0.1) is 0 Å². The molecule has 2 unspecified atom stereocenters. The van der Waals surface area contributed by atoms with Gasteiger partial charge in [-0.2, -0.15) is 0 Å². The largest absolute Gasteiger partial charge is 0.497 e. The third-order valence-corrected chi connectivity index (χ3v) is 6.77. The number of methoxy groups -OCH3 is 1. The molecule has 2 aromatic rings. The number of nitrogens with zero attached hydrogens (tertiary/aromatic N) is 2. The lowest BCUT2D eigenvalue weighted by Gasteiger charge is -2.38. The van der Waals surface area contributed by atoms with E-state index >= 15 is 0 Å². The Morgan fingerprint density at radius 3 is 2.59 bits per heavy atom. The van der Waals surface area contributed by atoms with Gasteiger partial charge in [-0.05, 0) is 54.5 Å². The fourth-order valence-corrected chi connectivity index (χ4v) is 4.78. The van der Waals surface area contributed by atoms with Crippen LogP contribution in [0.4, 0.5) is 0 Å². The van der Waals surface area contributed by atoms with Crippen LogP contribution in [0.1, 0.15) is 55.7 Å². The second-order valence-electron chi connectivity index (χ2n) is 7.44. The molecule has 0 aliphatic carbocycles. The molecule has 29 heavy (non-hydrogen) atoms. The molecule has 6 heteroatoms. The van der Waals surface area contributed by atoms with Crippen molar-refractivity contribution < 1.29 is 14.3 Å². The zero-order valence-corrected chi connectivity index (χ0v) is 18.5. The highest BCUT2D eigenvalue weighted by Crippen LogP contribution is 2.38. The lowest BCUT2D eigenvalue weighted by molar-refractivity contribution is -0.143. The van der Waals surface area contributed by atoms with Gasteiger partial charge in [-0.1, -0.05) is 26.0 Å². The van der Waals surface area contributed by atoms with Gasteiger partial charge in [-0.15, -0.1) is 11.3 Å². The molecule has 1 aromatic carbocycles. The Morgan fingerprint density at radius 1 is 1.24 bits per heavy atom. The molecule has 3 rings (SSSR count). The first-order valence-electron chi connectivity index (χ1n) is 10.3. The molecule has 0 radical (unpaired) electrons. The summed E-state index contributed by atoms with van der Waals surface area (Å²) in [6.45, 7) is 6.70. The molecule has 0 saturated heterocycles. The minimum atomic E-state index is -0.126. The second kappa shape index (κ2) is 9.44. The summed E-state index contributed by atoms with van der Waals surface area (Å²) in [5, 5.41) is 2.10. The Kier molecular flexibility index (Phi) is 6.96. The van der Waals surface area contributed by atoms with Gasteiger partial charge in [-0.3, -0.25) is 9.59 Å². The highest BCUT2D eigenvalue weighted by atomic mass is 32.1. The summed E-state index contributed by atoms with van der Waals surface area (Å²) in [4.78, 5) is 30.9. The minimum absolute atomic E-state index is 0.00441. The van der Waals surface area contributed by atoms with Crippen molar-refractivity contribution >= 4 is 23.2 Å². The first kappa shape index (κ1) is 21.4. The van der Waals surface area contributed by atoms with Gasteiger partial charge in [0, 0.05) is 23.9 Å². The molecule has 156 valence electrons. The van der Waals surface area contributed by atoms with Crippen molar-refractivity contribution in [2.24, 2.45) is 0 Å². The predicted molar refractivity (Wildman–Crippen MR) is 116 cm³/mol. The number of thiophene rings is 1. The van der Waals surface area contributed by atoms with Crippen LogP contribution in [-0.4, -0.2) is 47.9 Å². The SMILES string of the molecule is CCC(=O)N(CC(=O)N1CCc2sccc2C1c1ccc(OC)cc1)C(C)CC. The highest BCUT2D eigenvalue weighted by Gasteiger charge is 2.34. The number of ether oxygens (including phenoxy) is 1. The van der Waals surface area contributed by atoms with Gasteiger partial charge in [0.2, 0.25) is 11.8 Å². The zero-order chi connectivity index (χ0) is 21.0. The number of fused-ring (bicyclic) bond motifs is 1. The molecule has 0 spiro atoms. The van der Waals surface area contributed by atoms with Gasteiger partial charge in [-0.25, -0.2) is 0 Å². The number of rotatable bonds is 7. The van der Waals surface area contributed by atoms with Crippen LogP contribution in [-0.2, 0) is 16.0 Å². The number of benzene rings is 1. The van der Waals surface area contributed by atoms with Gasteiger partial charge in [0.05, 0.1) is 13.2 Å². The normalized spacial score (nSPS) is 16.8. The maximum atomic E-state index is 13.4. The summed E-state index contributed by atoms with van der Waals surface area (Å²) in [6.07, 6.45) is 2.10. The van der Waals surface area contributed by atoms with E-state index in [9.17, 15) is 9.59 Å². The first-order chi connectivity index (χ1) is 14.0. The second-order valence-corrected chi connectivity index (χ2v) is 8.45. The van der Waals surface area contributed by atoms with Crippen LogP contribution in [0.25, 0.3) is 0 Å². The minimum Gasteiger partial charge on any atom is -0.497 e. The average Bonchev–Trinajstić information content (AvgIpc) is 3.24. The van der Waals surface area contributed by atoms with Crippen LogP contribution in [0.3, 0.4) is 0 Å². The molecule has 1 aliphatic heterocycles. The number of amides is 2. The summed E-state index contributed by atoms with van der Waals surface area (Å²) in [6, 6.07) is 9.97. The highest BCUT2D eigenvalue weighted by molar-refractivity contribution is 7.10. The van der Waals surface area contributed by atoms with E-state index in [0.717, 1.165) is 24.2 Å². The van der Waals surface area contributed by atoms with Crippen molar-refractivity contribution in [3.8, 4) is 5.75 Å². The molecular weight excluding hydrogens is 384 g/mol. The maximum Gasteiger partial charge on any atom is 0.243 e. The van der Waals surface area contributed by atoms with Gasteiger partial charge >= 0.3 is 0 Å². The molecule has 0 saturated carbocycles. The van der Waals surface area contributed by atoms with E-state index in [2.05, 4.69) is 11.4 Å². The Balaban J connectivity index is 1.91. The van der Waals surface area contributed by atoms with Crippen molar-refractivity contribution in [3.63, 3.8) is 0 Å². The smallest absolute Gasteiger partial charge is 0.243 e. The van der Waals surface area contributed by atoms with E-state index in [1.807, 2.05) is 49.9 Å². The zero-order valence-electron chi connectivity index (χ0n) is 17.7. The standard InChI is InChI=1S/C23H30N2O3S/c1-5-16(3)25(21(26)6-2)15-22(27)24-13-11-20-19(12-14-29-20)23(24)17-7-9-18(28-4)10-8-17/h7-10,12,14,16,23H,5-6,11,13,15H2,1-4H3. The van der Waals surface area contributed by atoms with Gasteiger partial charge in [0.1, 0.15) is 12.3 Å². The summed E-state index contributed by atoms with van der Waals surface area (Å²) in [5.74, 6) is 0.830. The Morgan fingerprint density at radius 2 is 1.97 bits per heavy atom. The van der Waals surface area contributed by atoms with E-state index in [-0.39, 0.29) is 30.4 Å². The van der Waals surface area contributed by atoms with E-state index < -0.39 is 0 Å². The quantitative estimate of drug-likeness (QED) is 0.680. The van der Waals surface area contributed by atoms with Crippen LogP contribution >= 0.6 is 11.3 Å². The lowest BCUT2D eigenvalue weighted by atomic mass is 9.93. The van der Waals surface area contributed by atoms with Crippen molar-refractivity contribution in [2.45, 2.75) is 52.1 Å². The molecule has 5 nitrogen and oxygen atoms in total. The van der Waals surface area contributed by atoms with E-state index in [1.54, 1.807) is 23.3 Å². The van der Waals surface area contributed by atoms with Crippen molar-refractivity contribution in [1.29, 1.82) is 0 Å². The molecule has 0 fully saturated rings.